The minimum atomic E-state index is -4.33. The molecule has 0 atom stereocenters. The fourth-order valence-electron chi connectivity index (χ4n) is 0. The van der Waals surface area contributed by atoms with E-state index in [1.807, 2.05) is 0 Å². The molecule has 0 saturated heterocycles. The van der Waals surface area contributed by atoms with Gasteiger partial charge in [-0.1, -0.05) is 0 Å². The number of halogens is 9. The molecule has 0 unspecified atom stereocenters. The van der Waals surface area contributed by atoms with Crippen LogP contribution in [0.1, 0.15) is 0 Å². The van der Waals surface area contributed by atoms with Crippen LogP contribution in [0.25, 0.3) is 0 Å². The van der Waals surface area contributed by atoms with Crippen molar-refractivity contribution in [2.45, 2.75) is 0 Å². The summed E-state index contributed by atoms with van der Waals surface area (Å²) < 4.78 is 0. The summed E-state index contributed by atoms with van der Waals surface area (Å²) in [5.74, 6) is 0. The van der Waals surface area contributed by atoms with Crippen molar-refractivity contribution >= 4 is 83.2 Å². The maximum absolute atomic E-state index is 5.05. The molecule has 0 aromatic carbocycles. The Kier molecular flexibility index (Phi) is 9.46. The molecule has 0 aliphatic carbocycles. The fourth-order valence-corrected chi connectivity index (χ4v) is 0. The van der Waals surface area contributed by atoms with E-state index in [9.17, 15) is 0 Å². The normalized spacial score (nSPS) is 15.9. The molecule has 0 radical (unpaired) electrons. The van der Waals surface area contributed by atoms with Crippen molar-refractivity contribution in [1.82, 2.24) is 0 Å². The van der Waals surface area contributed by atoms with Gasteiger partial charge in [-0.3, -0.25) is 0 Å². The Balaban J connectivity index is 0. The molecule has 0 fully saturated rings. The molecule has 0 aliphatic rings. The molecule has 0 nitrogen and oxygen atoms in total. The monoisotopic (exact) mass is 456 g/mol. The Bertz CT molecular complexity index is 88.8. The van der Waals surface area contributed by atoms with Crippen molar-refractivity contribution in [2.24, 2.45) is 0 Å². The first kappa shape index (κ1) is 17.5. The fraction of sp³-hybridized carbons (Fsp3) is 0. The Morgan fingerprint density at radius 1 is 0.636 bits per heavy atom. The molecule has 0 rings (SSSR count). The van der Waals surface area contributed by atoms with Crippen LogP contribution in [0.3, 0.4) is 0 Å². The van der Waals surface area contributed by atoms with Gasteiger partial charge in [-0.25, -0.2) is 0 Å². The van der Waals surface area contributed by atoms with E-state index in [-0.39, 0.29) is 0 Å². The van der Waals surface area contributed by atoms with Gasteiger partial charge in [0, 0.05) is 0 Å². The summed E-state index contributed by atoms with van der Waals surface area (Å²) in [5, 5.41) is 0. The van der Waals surface area contributed by atoms with Crippen molar-refractivity contribution in [3.05, 3.63) is 0 Å². The molecule has 0 saturated carbocycles. The molecule has 0 aromatic rings. The first-order valence-corrected chi connectivity index (χ1v) is 24.4. The molecule has 11 heteroatoms. The van der Waals surface area contributed by atoms with Crippen LogP contribution in [0, 0.1) is 0 Å². The van der Waals surface area contributed by atoms with Gasteiger partial charge in [-0.05, 0) is 0 Å². The van der Waals surface area contributed by atoms with Gasteiger partial charge in [0.25, 0.3) is 0 Å². The molecule has 11 heavy (non-hydrogen) atoms. The first-order valence-electron chi connectivity index (χ1n) is 1.60. The van der Waals surface area contributed by atoms with Crippen molar-refractivity contribution in [2.75, 3.05) is 0 Å². The zero-order chi connectivity index (χ0) is 9.95. The topological polar surface area (TPSA) is 0 Å². The zero-order valence-corrected chi connectivity index (χ0v) is 14.9. The van der Waals surface area contributed by atoms with E-state index in [1.54, 1.807) is 0 Å². The van der Waals surface area contributed by atoms with Crippen LogP contribution in [-0.4, -0.2) is 0 Å². The van der Waals surface area contributed by atoms with E-state index in [1.165, 1.54) is 0 Å². The number of rotatable bonds is 0. The molecular formula is Cl9NbTi. The second-order valence-corrected chi connectivity index (χ2v) is 49.9. The minimum absolute atomic E-state index is 3.11. The van der Waals surface area contributed by atoms with E-state index in [0.717, 1.165) is 0 Å². The molecule has 0 bridgehead atoms. The Labute approximate surface area is 104 Å². The average molecular weight is 460 g/mol. The van der Waals surface area contributed by atoms with Crippen LogP contribution < -0.4 is 0 Å². The van der Waals surface area contributed by atoms with Crippen LogP contribution >= 0.6 is 83.2 Å². The van der Waals surface area contributed by atoms with Crippen LogP contribution in [0.15, 0.2) is 0 Å². The maximum atomic E-state index is 5.05. The van der Waals surface area contributed by atoms with Gasteiger partial charge in [0.2, 0.25) is 0 Å². The second-order valence-electron chi connectivity index (χ2n) is 1.07. The summed E-state index contributed by atoms with van der Waals surface area (Å²) in [6, 6.07) is 0. The Morgan fingerprint density at radius 3 is 0.636 bits per heavy atom. The van der Waals surface area contributed by atoms with E-state index < -0.39 is 22.8 Å². The van der Waals surface area contributed by atoms with Gasteiger partial charge in [-0.15, -0.1) is 0 Å². The van der Waals surface area contributed by atoms with Gasteiger partial charge < -0.3 is 0 Å². The summed E-state index contributed by atoms with van der Waals surface area (Å²) in [5.41, 5.74) is 0. The van der Waals surface area contributed by atoms with E-state index in [0.29, 0.717) is 0 Å². The summed E-state index contributed by atoms with van der Waals surface area (Å²) in [6.07, 6.45) is 0. The molecule has 0 amide bonds. The molecule has 0 aliphatic heterocycles. The van der Waals surface area contributed by atoms with Crippen molar-refractivity contribution < 1.29 is 22.8 Å². The third-order valence-electron chi connectivity index (χ3n) is 0. The van der Waals surface area contributed by atoms with Crippen molar-refractivity contribution in [3.63, 3.8) is 0 Å². The van der Waals surface area contributed by atoms with Gasteiger partial charge in [-0.2, -0.15) is 0 Å². The van der Waals surface area contributed by atoms with Gasteiger partial charge in [0.1, 0.15) is 0 Å². The summed E-state index contributed by atoms with van der Waals surface area (Å²) >= 11 is -3.11. The molecule has 72 valence electrons. The van der Waals surface area contributed by atoms with Gasteiger partial charge >= 0.3 is 106 Å². The third kappa shape index (κ3) is 124. The first-order chi connectivity index (χ1) is 4.24. The number of hydrogen-bond donors (Lipinski definition) is 0. The van der Waals surface area contributed by atoms with E-state index in [2.05, 4.69) is 0 Å². The summed E-state index contributed by atoms with van der Waals surface area (Å²) in [7, 11) is 41.0. The third-order valence-corrected chi connectivity index (χ3v) is 0. The quantitative estimate of drug-likeness (QED) is 0.378. The van der Waals surface area contributed by atoms with E-state index in [4.69, 9.17) is 83.2 Å². The molecule has 0 spiro atoms. The zero-order valence-electron chi connectivity index (χ0n) is 4.35. The second kappa shape index (κ2) is 5.96. The standard InChI is InChI=1S/9ClH.Nb.Ti/h9*1H;;/q;;;;;;;;;+5;+4/p-9. The van der Waals surface area contributed by atoms with Gasteiger partial charge in [0.05, 0.1) is 0 Å². The predicted molar refractivity (Wildman–Crippen MR) is 52.7 cm³/mol. The molecule has 0 aromatic heterocycles. The van der Waals surface area contributed by atoms with Crippen LogP contribution in [-0.2, 0) is 22.8 Å². The van der Waals surface area contributed by atoms with Crippen LogP contribution in [0.2, 0.25) is 0 Å². The van der Waals surface area contributed by atoms with Crippen LogP contribution in [0.4, 0.5) is 0 Å². The van der Waals surface area contributed by atoms with E-state index >= 15 is 0 Å². The summed E-state index contributed by atoms with van der Waals surface area (Å²) in [6.45, 7) is 0. The molecule has 0 N–H and O–H groups in total. The SMILES string of the molecule is [Cl][Nb]([Cl])([Cl])([Cl])[Cl].[Cl][Ti]([Cl])([Cl])[Cl]. The predicted octanol–water partition coefficient (Wildman–Crippen LogP) is 6.20. The summed E-state index contributed by atoms with van der Waals surface area (Å²) in [4.78, 5) is 0. The number of hydrogen-bond acceptors (Lipinski definition) is 0. The van der Waals surface area contributed by atoms with Crippen molar-refractivity contribution in [1.29, 1.82) is 0 Å². The van der Waals surface area contributed by atoms with Gasteiger partial charge in [0.15, 0.2) is 0 Å². The Hall–Kier alpha value is 4.06. The molecule has 0 heterocycles. The average Bonchev–Trinajstić information content (AvgIpc) is 1.07. The van der Waals surface area contributed by atoms with Crippen molar-refractivity contribution in [3.8, 4) is 0 Å². The molecular weight excluding hydrogens is 460 g/mol. The van der Waals surface area contributed by atoms with Crippen LogP contribution in [0.5, 0.6) is 0 Å². The Morgan fingerprint density at radius 2 is 0.636 bits per heavy atom.